The molecule has 0 aliphatic heterocycles. The van der Waals surface area contributed by atoms with E-state index in [1.165, 1.54) is 23.2 Å². The third-order valence-corrected chi connectivity index (χ3v) is 2.97. The van der Waals surface area contributed by atoms with Crippen LogP contribution in [0.4, 0.5) is 5.69 Å². The average Bonchev–Trinajstić information content (AvgIpc) is 2.16. The van der Waals surface area contributed by atoms with E-state index < -0.39 is 0 Å². The fraction of sp³-hybridized carbons (Fsp3) is 0.571. The van der Waals surface area contributed by atoms with E-state index in [1.807, 2.05) is 0 Å². The van der Waals surface area contributed by atoms with Crippen molar-refractivity contribution >= 4 is 5.69 Å². The predicted octanol–water partition coefficient (Wildman–Crippen LogP) is 4.15. The lowest BCUT2D eigenvalue weighted by atomic mass is 10.0. The number of aryl methyl sites for hydroxylation is 2. The summed E-state index contributed by atoms with van der Waals surface area (Å²) in [6.07, 6.45) is 1.17. The van der Waals surface area contributed by atoms with Crippen LogP contribution in [0.25, 0.3) is 0 Å². The van der Waals surface area contributed by atoms with Gasteiger partial charge in [-0.15, -0.1) is 0 Å². The Morgan fingerprint density at radius 3 is 2.33 bits per heavy atom. The van der Waals surface area contributed by atoms with E-state index in [4.69, 9.17) is 0 Å². The molecule has 0 bridgehead atoms. The Bertz CT molecular complexity index is 315. The second kappa shape index (κ2) is 5.20. The topological polar surface area (TPSA) is 12.0 Å². The molecule has 0 spiro atoms. The van der Waals surface area contributed by atoms with Gasteiger partial charge in [-0.05, 0) is 37.8 Å². The van der Waals surface area contributed by atoms with E-state index in [0.29, 0.717) is 12.0 Å². The Hall–Kier alpha value is -0.980. The van der Waals surface area contributed by atoms with Gasteiger partial charge in [-0.25, -0.2) is 0 Å². The number of anilines is 1. The van der Waals surface area contributed by atoms with Crippen LogP contribution in [0.1, 0.15) is 38.3 Å². The normalized spacial score (nSPS) is 12.9. The summed E-state index contributed by atoms with van der Waals surface area (Å²) in [5.74, 6) is 0.677. The average molecular weight is 205 g/mol. The number of benzene rings is 1. The minimum absolute atomic E-state index is 0.575. The van der Waals surface area contributed by atoms with Gasteiger partial charge in [0.05, 0.1) is 0 Å². The molecule has 15 heavy (non-hydrogen) atoms. The van der Waals surface area contributed by atoms with Gasteiger partial charge in [-0.1, -0.05) is 38.5 Å². The number of rotatable bonds is 4. The molecule has 0 saturated heterocycles. The molecule has 1 atom stereocenters. The van der Waals surface area contributed by atoms with Crippen molar-refractivity contribution in [2.24, 2.45) is 5.92 Å². The van der Waals surface area contributed by atoms with E-state index in [-0.39, 0.29) is 0 Å². The molecule has 0 amide bonds. The molecule has 1 N–H and O–H groups in total. The van der Waals surface area contributed by atoms with Crippen molar-refractivity contribution in [3.05, 3.63) is 29.3 Å². The van der Waals surface area contributed by atoms with Crippen LogP contribution in [0.5, 0.6) is 0 Å². The quantitative estimate of drug-likeness (QED) is 0.778. The van der Waals surface area contributed by atoms with E-state index >= 15 is 0 Å². The lowest BCUT2D eigenvalue weighted by Crippen LogP contribution is -2.24. The third-order valence-electron chi connectivity index (χ3n) is 2.97. The minimum Gasteiger partial charge on any atom is -0.382 e. The van der Waals surface area contributed by atoms with Crippen LogP contribution in [0.3, 0.4) is 0 Å². The molecule has 1 aromatic rings. The van der Waals surface area contributed by atoms with Crippen LogP contribution < -0.4 is 5.32 Å². The van der Waals surface area contributed by atoms with Gasteiger partial charge >= 0.3 is 0 Å². The zero-order chi connectivity index (χ0) is 11.4. The Labute approximate surface area is 93.9 Å². The summed E-state index contributed by atoms with van der Waals surface area (Å²) in [4.78, 5) is 0. The van der Waals surface area contributed by atoms with Crippen molar-refractivity contribution in [3.8, 4) is 0 Å². The van der Waals surface area contributed by atoms with Gasteiger partial charge in [0.1, 0.15) is 0 Å². The fourth-order valence-corrected chi connectivity index (χ4v) is 1.92. The van der Waals surface area contributed by atoms with Crippen molar-refractivity contribution in [3.63, 3.8) is 0 Å². The monoisotopic (exact) mass is 205 g/mol. The third kappa shape index (κ3) is 3.26. The molecular weight excluding hydrogens is 182 g/mol. The second-order valence-electron chi connectivity index (χ2n) is 4.72. The van der Waals surface area contributed by atoms with Crippen LogP contribution >= 0.6 is 0 Å². The maximum Gasteiger partial charge on any atom is 0.0372 e. The van der Waals surface area contributed by atoms with Gasteiger partial charge < -0.3 is 5.32 Å². The van der Waals surface area contributed by atoms with E-state index in [2.05, 4.69) is 58.1 Å². The lowest BCUT2D eigenvalue weighted by molar-refractivity contribution is 0.511. The number of hydrogen-bond donors (Lipinski definition) is 1. The molecule has 0 saturated carbocycles. The molecule has 1 rings (SSSR count). The van der Waals surface area contributed by atoms with Crippen LogP contribution in [0.15, 0.2) is 18.2 Å². The zero-order valence-corrected chi connectivity index (χ0v) is 10.6. The van der Waals surface area contributed by atoms with Gasteiger partial charge in [0.2, 0.25) is 0 Å². The molecule has 84 valence electrons. The highest BCUT2D eigenvalue weighted by Gasteiger charge is 2.11. The summed E-state index contributed by atoms with van der Waals surface area (Å²) >= 11 is 0. The highest BCUT2D eigenvalue weighted by molar-refractivity contribution is 5.52. The number of hydrogen-bond acceptors (Lipinski definition) is 1. The van der Waals surface area contributed by atoms with Crippen molar-refractivity contribution in [2.45, 2.75) is 47.1 Å². The highest BCUT2D eigenvalue weighted by Crippen LogP contribution is 2.20. The smallest absolute Gasteiger partial charge is 0.0372 e. The summed E-state index contributed by atoms with van der Waals surface area (Å²) in [6, 6.07) is 7.17. The van der Waals surface area contributed by atoms with E-state index in [0.717, 1.165) is 0 Å². The van der Waals surface area contributed by atoms with Crippen LogP contribution in [-0.2, 0) is 0 Å². The van der Waals surface area contributed by atoms with Crippen molar-refractivity contribution in [2.75, 3.05) is 5.32 Å². The number of nitrogens with one attached hydrogen (secondary N) is 1. The van der Waals surface area contributed by atoms with Crippen molar-refractivity contribution in [1.82, 2.24) is 0 Å². The van der Waals surface area contributed by atoms with Gasteiger partial charge in [-0.2, -0.15) is 0 Å². The largest absolute Gasteiger partial charge is 0.382 e. The highest BCUT2D eigenvalue weighted by atomic mass is 14.9. The molecule has 0 aliphatic rings. The van der Waals surface area contributed by atoms with Gasteiger partial charge in [0.25, 0.3) is 0 Å². The van der Waals surface area contributed by atoms with Crippen LogP contribution in [0, 0.1) is 19.8 Å². The fourth-order valence-electron chi connectivity index (χ4n) is 1.92. The first-order chi connectivity index (χ1) is 7.04. The maximum atomic E-state index is 3.62. The lowest BCUT2D eigenvalue weighted by Gasteiger charge is -2.23. The summed E-state index contributed by atoms with van der Waals surface area (Å²) in [6.45, 7) is 11.1. The van der Waals surface area contributed by atoms with Crippen molar-refractivity contribution < 1.29 is 0 Å². The van der Waals surface area contributed by atoms with Crippen molar-refractivity contribution in [1.29, 1.82) is 0 Å². The second-order valence-corrected chi connectivity index (χ2v) is 4.72. The summed E-state index contributed by atoms with van der Waals surface area (Å²) in [5, 5.41) is 3.62. The molecular formula is C14H23N. The molecule has 0 heterocycles. The van der Waals surface area contributed by atoms with Gasteiger partial charge in [-0.3, -0.25) is 0 Å². The Morgan fingerprint density at radius 2 is 1.87 bits per heavy atom. The van der Waals surface area contributed by atoms with Crippen LogP contribution in [0.2, 0.25) is 0 Å². The predicted molar refractivity (Wildman–Crippen MR) is 68.5 cm³/mol. The molecule has 0 aliphatic carbocycles. The van der Waals surface area contributed by atoms with E-state index in [9.17, 15) is 0 Å². The summed E-state index contributed by atoms with van der Waals surface area (Å²) < 4.78 is 0. The molecule has 1 nitrogen and oxygen atoms in total. The first kappa shape index (κ1) is 12.1. The van der Waals surface area contributed by atoms with Gasteiger partial charge in [0, 0.05) is 11.7 Å². The minimum atomic E-state index is 0.575. The zero-order valence-electron chi connectivity index (χ0n) is 10.6. The SMILES string of the molecule is CCC(Nc1ccc(C)cc1C)C(C)C. The Morgan fingerprint density at radius 1 is 1.20 bits per heavy atom. The molecule has 0 aromatic heterocycles. The van der Waals surface area contributed by atoms with E-state index in [1.54, 1.807) is 0 Å². The molecule has 1 unspecified atom stereocenters. The Balaban J connectivity index is 2.79. The summed E-state index contributed by atoms with van der Waals surface area (Å²) in [7, 11) is 0. The molecule has 0 fully saturated rings. The van der Waals surface area contributed by atoms with Gasteiger partial charge in [0.15, 0.2) is 0 Å². The standard InChI is InChI=1S/C14H23N/c1-6-13(10(2)3)15-14-8-7-11(4)9-12(14)5/h7-10,13,15H,6H2,1-5H3. The Kier molecular flexibility index (Phi) is 4.19. The molecule has 1 aromatic carbocycles. The molecule has 1 heteroatoms. The first-order valence-electron chi connectivity index (χ1n) is 5.88. The maximum absolute atomic E-state index is 3.62. The molecule has 0 radical (unpaired) electrons. The van der Waals surface area contributed by atoms with Crippen LogP contribution in [-0.4, -0.2) is 6.04 Å². The summed E-state index contributed by atoms with van der Waals surface area (Å²) in [5.41, 5.74) is 3.95. The first-order valence-corrected chi connectivity index (χ1v) is 5.88.